The van der Waals surface area contributed by atoms with E-state index in [2.05, 4.69) is 15.1 Å². The van der Waals surface area contributed by atoms with Crippen LogP contribution >= 0.6 is 0 Å². The molecule has 5 heteroatoms. The first-order valence-electron chi connectivity index (χ1n) is 6.68. The number of aromatic nitrogens is 4. The van der Waals surface area contributed by atoms with Crippen molar-refractivity contribution in [2.24, 2.45) is 0 Å². The molecule has 0 bridgehead atoms. The first-order chi connectivity index (χ1) is 9.79. The quantitative estimate of drug-likeness (QED) is 0.787. The van der Waals surface area contributed by atoms with Crippen LogP contribution in [0.1, 0.15) is 24.4 Å². The van der Waals surface area contributed by atoms with Crippen LogP contribution in [-0.2, 0) is 13.0 Å². The summed E-state index contributed by atoms with van der Waals surface area (Å²) in [6.45, 7) is 2.76. The Labute approximate surface area is 116 Å². The fraction of sp³-hybridized carbons (Fsp3) is 0.267. The molecule has 1 unspecified atom stereocenters. The summed E-state index contributed by atoms with van der Waals surface area (Å²) in [5.74, 6) is 0.792. The van der Waals surface area contributed by atoms with E-state index in [0.29, 0.717) is 6.42 Å². The first-order valence-corrected chi connectivity index (χ1v) is 6.68. The van der Waals surface area contributed by atoms with Crippen molar-refractivity contribution >= 4 is 10.9 Å². The highest BCUT2D eigenvalue weighted by Crippen LogP contribution is 2.25. The van der Waals surface area contributed by atoms with Gasteiger partial charge in [0.25, 0.3) is 0 Å². The zero-order chi connectivity index (χ0) is 13.9. The topological polar surface area (TPSA) is 63.8 Å². The molecule has 3 rings (SSSR count). The van der Waals surface area contributed by atoms with E-state index < -0.39 is 6.10 Å². The number of nitrogens with zero attached hydrogens (tertiary/aromatic N) is 4. The maximum atomic E-state index is 10.5. The van der Waals surface area contributed by atoms with Crippen molar-refractivity contribution in [2.75, 3.05) is 0 Å². The van der Waals surface area contributed by atoms with E-state index in [1.807, 2.05) is 37.3 Å². The minimum Gasteiger partial charge on any atom is -0.388 e. The number of aliphatic hydroxyl groups excluding tert-OH is 1. The van der Waals surface area contributed by atoms with Gasteiger partial charge in [0.15, 0.2) is 0 Å². The van der Waals surface area contributed by atoms with Crippen molar-refractivity contribution in [1.82, 2.24) is 19.7 Å². The summed E-state index contributed by atoms with van der Waals surface area (Å²) in [6, 6.07) is 9.65. The molecule has 20 heavy (non-hydrogen) atoms. The molecule has 0 fully saturated rings. The maximum absolute atomic E-state index is 10.5. The number of pyridine rings is 1. The van der Waals surface area contributed by atoms with E-state index in [0.717, 1.165) is 28.8 Å². The number of aryl methyl sites for hydroxylation is 1. The van der Waals surface area contributed by atoms with Gasteiger partial charge in [-0.05, 0) is 24.6 Å². The molecule has 1 N–H and O–H groups in total. The van der Waals surface area contributed by atoms with Gasteiger partial charge < -0.3 is 5.11 Å². The molecule has 0 saturated heterocycles. The SMILES string of the molecule is CCn1ncnc1CC(O)c1cccc2ncccc12. The van der Waals surface area contributed by atoms with Crippen molar-refractivity contribution in [3.63, 3.8) is 0 Å². The molecular weight excluding hydrogens is 252 g/mol. The van der Waals surface area contributed by atoms with Gasteiger partial charge in [0.2, 0.25) is 0 Å². The van der Waals surface area contributed by atoms with Crippen LogP contribution in [0.3, 0.4) is 0 Å². The third-order valence-corrected chi connectivity index (χ3v) is 3.41. The summed E-state index contributed by atoms with van der Waals surface area (Å²) in [4.78, 5) is 8.52. The molecule has 0 amide bonds. The second-order valence-electron chi connectivity index (χ2n) is 4.63. The lowest BCUT2D eigenvalue weighted by molar-refractivity contribution is 0.175. The van der Waals surface area contributed by atoms with Gasteiger partial charge in [0.1, 0.15) is 12.2 Å². The normalized spacial score (nSPS) is 12.7. The smallest absolute Gasteiger partial charge is 0.138 e. The summed E-state index contributed by atoms with van der Waals surface area (Å²) in [5.41, 5.74) is 1.77. The lowest BCUT2D eigenvalue weighted by atomic mass is 10.0. The van der Waals surface area contributed by atoms with E-state index in [4.69, 9.17) is 0 Å². The molecule has 1 aromatic carbocycles. The molecule has 0 radical (unpaired) electrons. The number of fused-ring (bicyclic) bond motifs is 1. The molecule has 0 aliphatic carbocycles. The molecule has 3 aromatic rings. The predicted molar refractivity (Wildman–Crippen MR) is 76.1 cm³/mol. The van der Waals surface area contributed by atoms with Crippen molar-refractivity contribution in [3.8, 4) is 0 Å². The van der Waals surface area contributed by atoms with E-state index in [1.165, 1.54) is 6.33 Å². The summed E-state index contributed by atoms with van der Waals surface area (Å²) < 4.78 is 1.80. The van der Waals surface area contributed by atoms with Gasteiger partial charge in [-0.3, -0.25) is 9.67 Å². The van der Waals surface area contributed by atoms with Crippen LogP contribution in [0.15, 0.2) is 42.9 Å². The van der Waals surface area contributed by atoms with Crippen LogP contribution < -0.4 is 0 Å². The number of hydrogen-bond donors (Lipinski definition) is 1. The molecule has 102 valence electrons. The molecule has 0 aliphatic rings. The van der Waals surface area contributed by atoms with Crippen LogP contribution in [-0.4, -0.2) is 24.9 Å². The Morgan fingerprint density at radius 2 is 2.10 bits per heavy atom. The summed E-state index contributed by atoms with van der Waals surface area (Å²) >= 11 is 0. The van der Waals surface area contributed by atoms with Crippen molar-refractivity contribution in [2.45, 2.75) is 26.0 Å². The predicted octanol–water partition coefficient (Wildman–Crippen LogP) is 2.12. The van der Waals surface area contributed by atoms with Gasteiger partial charge in [-0.25, -0.2) is 4.98 Å². The number of hydrogen-bond acceptors (Lipinski definition) is 4. The zero-order valence-electron chi connectivity index (χ0n) is 11.3. The molecule has 0 spiro atoms. The first kappa shape index (κ1) is 12.7. The van der Waals surface area contributed by atoms with Crippen LogP contribution in [0.25, 0.3) is 10.9 Å². The zero-order valence-corrected chi connectivity index (χ0v) is 11.3. The fourth-order valence-corrected chi connectivity index (χ4v) is 2.41. The van der Waals surface area contributed by atoms with E-state index in [-0.39, 0.29) is 0 Å². The van der Waals surface area contributed by atoms with E-state index >= 15 is 0 Å². The second-order valence-corrected chi connectivity index (χ2v) is 4.63. The van der Waals surface area contributed by atoms with Crippen molar-refractivity contribution in [3.05, 3.63) is 54.2 Å². The highest BCUT2D eigenvalue weighted by molar-refractivity contribution is 5.82. The Hall–Kier alpha value is -2.27. The lowest BCUT2D eigenvalue weighted by Crippen LogP contribution is -2.10. The number of aliphatic hydroxyl groups is 1. The van der Waals surface area contributed by atoms with Crippen LogP contribution in [0.2, 0.25) is 0 Å². The Morgan fingerprint density at radius 3 is 2.95 bits per heavy atom. The standard InChI is InChI=1S/C15H16N4O/c1-2-19-15(17-10-18-19)9-14(20)12-5-3-7-13-11(12)6-4-8-16-13/h3-8,10,14,20H,2,9H2,1H3. The minimum absolute atomic E-state index is 0.446. The lowest BCUT2D eigenvalue weighted by Gasteiger charge is -2.13. The highest BCUT2D eigenvalue weighted by atomic mass is 16.3. The number of rotatable bonds is 4. The van der Waals surface area contributed by atoms with Crippen LogP contribution in [0.5, 0.6) is 0 Å². The maximum Gasteiger partial charge on any atom is 0.138 e. The summed E-state index contributed by atoms with van der Waals surface area (Å²) in [6.07, 6.45) is 3.11. The molecule has 0 saturated carbocycles. The molecule has 2 aromatic heterocycles. The second kappa shape index (κ2) is 5.38. The largest absolute Gasteiger partial charge is 0.388 e. The van der Waals surface area contributed by atoms with Crippen molar-refractivity contribution in [1.29, 1.82) is 0 Å². The Balaban J connectivity index is 1.95. The molecule has 0 aliphatic heterocycles. The van der Waals surface area contributed by atoms with Gasteiger partial charge in [-0.15, -0.1) is 0 Å². The average Bonchev–Trinajstić information content (AvgIpc) is 2.93. The summed E-state index contributed by atoms with van der Waals surface area (Å²) in [7, 11) is 0. The van der Waals surface area contributed by atoms with Gasteiger partial charge in [-0.2, -0.15) is 5.10 Å². The molecule has 5 nitrogen and oxygen atoms in total. The van der Waals surface area contributed by atoms with Gasteiger partial charge in [0, 0.05) is 24.5 Å². The Bertz CT molecular complexity index is 717. The highest BCUT2D eigenvalue weighted by Gasteiger charge is 2.15. The fourth-order valence-electron chi connectivity index (χ4n) is 2.41. The molecule has 2 heterocycles. The van der Waals surface area contributed by atoms with E-state index in [1.54, 1.807) is 10.9 Å². The van der Waals surface area contributed by atoms with Crippen molar-refractivity contribution < 1.29 is 5.11 Å². The molecular formula is C15H16N4O. The van der Waals surface area contributed by atoms with Crippen LogP contribution in [0, 0.1) is 0 Å². The monoisotopic (exact) mass is 268 g/mol. The average molecular weight is 268 g/mol. The number of benzene rings is 1. The summed E-state index contributed by atoms with van der Waals surface area (Å²) in [5, 5.41) is 15.6. The van der Waals surface area contributed by atoms with E-state index in [9.17, 15) is 5.11 Å². The Morgan fingerprint density at radius 1 is 1.20 bits per heavy atom. The third kappa shape index (κ3) is 2.28. The Kier molecular flexibility index (Phi) is 3.43. The minimum atomic E-state index is -0.614. The van der Waals surface area contributed by atoms with Gasteiger partial charge >= 0.3 is 0 Å². The third-order valence-electron chi connectivity index (χ3n) is 3.41. The van der Waals surface area contributed by atoms with Crippen LogP contribution in [0.4, 0.5) is 0 Å². The van der Waals surface area contributed by atoms with Gasteiger partial charge in [0.05, 0.1) is 11.6 Å². The van der Waals surface area contributed by atoms with Gasteiger partial charge in [-0.1, -0.05) is 18.2 Å². The molecule has 1 atom stereocenters.